The van der Waals surface area contributed by atoms with Gasteiger partial charge in [-0.15, -0.1) is 6.58 Å². The van der Waals surface area contributed by atoms with Crippen LogP contribution in [0.1, 0.15) is 16.8 Å². The number of likely N-dealkylation sites (tertiary alicyclic amines) is 1. The first-order chi connectivity index (χ1) is 12.7. The van der Waals surface area contributed by atoms with E-state index in [1.54, 1.807) is 12.1 Å². The third-order valence-corrected chi connectivity index (χ3v) is 4.97. The van der Waals surface area contributed by atoms with Gasteiger partial charge in [0.15, 0.2) is 11.6 Å². The Balaban J connectivity index is 1.91. The molecule has 0 atom stereocenters. The average molecular weight is 488 g/mol. The summed E-state index contributed by atoms with van der Waals surface area (Å²) in [5, 5.41) is 12.7. The van der Waals surface area contributed by atoms with Crippen molar-refractivity contribution in [1.29, 1.82) is 0 Å². The van der Waals surface area contributed by atoms with Gasteiger partial charge in [0, 0.05) is 3.57 Å². The molecule has 1 heterocycles. The van der Waals surface area contributed by atoms with Crippen LogP contribution in [0.15, 0.2) is 43.0 Å². The zero-order valence-corrected chi connectivity index (χ0v) is 16.3. The van der Waals surface area contributed by atoms with Gasteiger partial charge in [-0.25, -0.2) is 13.2 Å². The van der Waals surface area contributed by atoms with Gasteiger partial charge in [-0.05, 0) is 59.3 Å². The van der Waals surface area contributed by atoms with Crippen LogP contribution in [0.3, 0.4) is 0 Å². The smallest absolute Gasteiger partial charge is 0.256 e. The summed E-state index contributed by atoms with van der Waals surface area (Å²) < 4.78 is 42.8. The first-order valence-electron chi connectivity index (χ1n) is 8.07. The third-order valence-electron chi connectivity index (χ3n) is 4.30. The number of nitrogens with zero attached hydrogens (tertiary/aromatic N) is 1. The molecule has 1 aliphatic rings. The van der Waals surface area contributed by atoms with E-state index < -0.39 is 34.6 Å². The quantitative estimate of drug-likeness (QED) is 0.490. The predicted molar refractivity (Wildman–Crippen MR) is 104 cm³/mol. The van der Waals surface area contributed by atoms with E-state index >= 15 is 0 Å². The van der Waals surface area contributed by atoms with Crippen molar-refractivity contribution in [1.82, 2.24) is 4.90 Å². The summed E-state index contributed by atoms with van der Waals surface area (Å²) in [4.78, 5) is 14.0. The van der Waals surface area contributed by atoms with E-state index in [0.29, 0.717) is 9.99 Å². The molecule has 0 unspecified atom stereocenters. The molecule has 2 aromatic carbocycles. The molecule has 3 rings (SSSR count). The van der Waals surface area contributed by atoms with Crippen LogP contribution in [0.4, 0.5) is 24.5 Å². The highest BCUT2D eigenvalue weighted by Gasteiger charge is 2.43. The number of amides is 1. The fourth-order valence-electron chi connectivity index (χ4n) is 2.95. The highest BCUT2D eigenvalue weighted by atomic mass is 127. The molecule has 142 valence electrons. The highest BCUT2D eigenvalue weighted by molar-refractivity contribution is 14.1. The molecular weight excluding hydrogens is 472 g/mol. The van der Waals surface area contributed by atoms with Crippen LogP contribution in [0, 0.1) is 21.0 Å². The first kappa shape index (κ1) is 19.7. The van der Waals surface area contributed by atoms with E-state index in [4.69, 9.17) is 0 Å². The third kappa shape index (κ3) is 3.96. The zero-order valence-electron chi connectivity index (χ0n) is 14.1. The number of aliphatic hydroxyl groups is 1. The Morgan fingerprint density at radius 3 is 2.59 bits per heavy atom. The molecule has 2 N–H and O–H groups in total. The first-order valence-corrected chi connectivity index (χ1v) is 9.14. The number of β-amino-alcohol motifs (C(OH)–C–C–N with tert-alkyl or cyclic N) is 1. The van der Waals surface area contributed by atoms with E-state index in [1.165, 1.54) is 17.0 Å². The summed E-state index contributed by atoms with van der Waals surface area (Å²) in [5.41, 5.74) is -1.74. The van der Waals surface area contributed by atoms with Gasteiger partial charge in [-0.3, -0.25) is 4.79 Å². The number of anilines is 2. The van der Waals surface area contributed by atoms with Crippen molar-refractivity contribution in [3.63, 3.8) is 0 Å². The summed E-state index contributed by atoms with van der Waals surface area (Å²) in [6.07, 6.45) is 1.86. The number of carbonyl (C=O) groups is 1. The van der Waals surface area contributed by atoms with E-state index in [9.17, 15) is 23.1 Å². The largest absolute Gasteiger partial charge is 0.386 e. The minimum atomic E-state index is -1.28. The second kappa shape index (κ2) is 7.51. The van der Waals surface area contributed by atoms with Crippen LogP contribution in [0.25, 0.3) is 0 Å². The molecule has 0 aliphatic carbocycles. The van der Waals surface area contributed by atoms with Gasteiger partial charge >= 0.3 is 0 Å². The molecule has 2 aromatic rings. The highest BCUT2D eigenvalue weighted by Crippen LogP contribution is 2.32. The van der Waals surface area contributed by atoms with Crippen molar-refractivity contribution in [3.05, 3.63) is 69.6 Å². The monoisotopic (exact) mass is 488 g/mol. The maximum Gasteiger partial charge on any atom is 0.256 e. The molecule has 4 nitrogen and oxygen atoms in total. The number of nitrogens with one attached hydrogen (secondary N) is 1. The Morgan fingerprint density at radius 2 is 1.96 bits per heavy atom. The summed E-state index contributed by atoms with van der Waals surface area (Å²) >= 11 is 1.92. The van der Waals surface area contributed by atoms with Crippen molar-refractivity contribution in [2.45, 2.75) is 12.0 Å². The van der Waals surface area contributed by atoms with E-state index in [2.05, 4.69) is 11.9 Å². The summed E-state index contributed by atoms with van der Waals surface area (Å²) in [7, 11) is 0. The Hall–Kier alpha value is -2.07. The van der Waals surface area contributed by atoms with Gasteiger partial charge in [0.2, 0.25) is 0 Å². The van der Waals surface area contributed by atoms with Crippen LogP contribution in [0.5, 0.6) is 0 Å². The van der Waals surface area contributed by atoms with Gasteiger partial charge in [0.1, 0.15) is 11.4 Å². The van der Waals surface area contributed by atoms with Crippen LogP contribution in [0.2, 0.25) is 0 Å². The summed E-state index contributed by atoms with van der Waals surface area (Å²) in [6.45, 7) is 3.65. The number of rotatable bonds is 5. The minimum absolute atomic E-state index is 0.0498. The Bertz CT molecular complexity index is 914. The molecule has 27 heavy (non-hydrogen) atoms. The normalized spacial score (nSPS) is 15.2. The van der Waals surface area contributed by atoms with Gasteiger partial charge < -0.3 is 15.3 Å². The lowest BCUT2D eigenvalue weighted by molar-refractivity contribution is -0.0781. The SMILES string of the molecule is C=CCC1(O)CN(C(=O)c2ccc(F)c(F)c2Nc2ccc(I)cc2F)C1. The second-order valence-electron chi connectivity index (χ2n) is 6.41. The van der Waals surface area contributed by atoms with Gasteiger partial charge in [0.05, 0.1) is 30.0 Å². The number of halogens is 4. The Morgan fingerprint density at radius 1 is 1.26 bits per heavy atom. The molecule has 1 saturated heterocycles. The van der Waals surface area contributed by atoms with Gasteiger partial charge in [0.25, 0.3) is 5.91 Å². The Kier molecular flexibility index (Phi) is 5.48. The molecule has 0 spiro atoms. The number of hydrogen-bond donors (Lipinski definition) is 2. The summed E-state index contributed by atoms with van der Waals surface area (Å²) in [5.74, 6) is -3.68. The zero-order chi connectivity index (χ0) is 19.8. The number of benzene rings is 2. The minimum Gasteiger partial charge on any atom is -0.386 e. The maximum absolute atomic E-state index is 14.4. The van der Waals surface area contributed by atoms with Crippen LogP contribution in [-0.4, -0.2) is 34.6 Å². The second-order valence-corrected chi connectivity index (χ2v) is 7.66. The van der Waals surface area contributed by atoms with E-state index in [-0.39, 0.29) is 24.3 Å². The fraction of sp³-hybridized carbons (Fsp3) is 0.211. The molecule has 1 aliphatic heterocycles. The van der Waals surface area contributed by atoms with E-state index in [1.807, 2.05) is 22.6 Å². The van der Waals surface area contributed by atoms with Crippen LogP contribution in [-0.2, 0) is 0 Å². The maximum atomic E-state index is 14.4. The fourth-order valence-corrected chi connectivity index (χ4v) is 3.41. The lowest BCUT2D eigenvalue weighted by Gasteiger charge is -2.46. The van der Waals surface area contributed by atoms with Crippen LogP contribution < -0.4 is 5.32 Å². The van der Waals surface area contributed by atoms with Crippen molar-refractivity contribution < 1.29 is 23.1 Å². The molecular formula is C19H16F3IN2O2. The lowest BCUT2D eigenvalue weighted by atomic mass is 9.89. The standard InChI is InChI=1S/C19H16F3IN2O2/c1-2-7-19(27)9-25(10-19)18(26)12-4-5-13(20)16(22)17(12)24-15-6-3-11(23)8-14(15)21/h2-6,8,24,27H,1,7,9-10H2. The molecule has 1 fully saturated rings. The molecule has 0 bridgehead atoms. The van der Waals surface area contributed by atoms with Crippen molar-refractivity contribution in [2.24, 2.45) is 0 Å². The molecule has 1 amide bonds. The number of hydrogen-bond acceptors (Lipinski definition) is 3. The molecule has 0 saturated carbocycles. The Labute approximate surface area is 167 Å². The van der Waals surface area contributed by atoms with Crippen LogP contribution >= 0.6 is 22.6 Å². The van der Waals surface area contributed by atoms with E-state index in [0.717, 1.165) is 12.1 Å². The number of carbonyl (C=O) groups excluding carboxylic acids is 1. The molecule has 0 aromatic heterocycles. The summed E-state index contributed by atoms with van der Waals surface area (Å²) in [6, 6.07) is 6.18. The molecule has 8 heteroatoms. The average Bonchev–Trinajstić information content (AvgIpc) is 2.58. The lowest BCUT2D eigenvalue weighted by Crippen LogP contribution is -2.63. The van der Waals surface area contributed by atoms with Crippen molar-refractivity contribution in [3.8, 4) is 0 Å². The predicted octanol–water partition coefficient (Wildman–Crippen LogP) is 4.22. The molecule has 0 radical (unpaired) electrons. The van der Waals surface area contributed by atoms with Gasteiger partial charge in [-0.1, -0.05) is 6.08 Å². The van der Waals surface area contributed by atoms with Gasteiger partial charge in [-0.2, -0.15) is 0 Å². The van der Waals surface area contributed by atoms with Crippen molar-refractivity contribution >= 4 is 39.9 Å². The topological polar surface area (TPSA) is 52.6 Å². The van der Waals surface area contributed by atoms with Crippen molar-refractivity contribution in [2.75, 3.05) is 18.4 Å².